The molecule has 1 amide bonds. The molecule has 1 atom stereocenters. The Kier molecular flexibility index (Phi) is 4.53. The summed E-state index contributed by atoms with van der Waals surface area (Å²) in [6.45, 7) is 3.62. The fraction of sp³-hybridized carbons (Fsp3) is 0.800. The highest BCUT2D eigenvalue weighted by atomic mass is 16.5. The van der Waals surface area contributed by atoms with Gasteiger partial charge in [-0.3, -0.25) is 4.79 Å². The first-order chi connectivity index (χ1) is 10.3. The molecule has 1 unspecified atom stereocenters. The van der Waals surface area contributed by atoms with Gasteiger partial charge < -0.3 is 14.2 Å². The second kappa shape index (κ2) is 6.56. The van der Waals surface area contributed by atoms with Crippen molar-refractivity contribution in [3.63, 3.8) is 0 Å². The Balaban J connectivity index is 1.62. The summed E-state index contributed by atoms with van der Waals surface area (Å²) in [4.78, 5) is 18.7. The van der Waals surface area contributed by atoms with Crippen molar-refractivity contribution in [2.45, 2.75) is 64.0 Å². The molecule has 3 rings (SSSR count). The van der Waals surface area contributed by atoms with Gasteiger partial charge >= 0.3 is 0 Å². The standard InChI is InChI=1S/C15H23N3O3/c1-2-20-10-13-16-15(17-21-13)11-8-14(19)18(9-11)12-6-4-3-5-7-12/h11-12H,2-10H2,1H3. The van der Waals surface area contributed by atoms with Crippen molar-refractivity contribution in [3.05, 3.63) is 11.7 Å². The van der Waals surface area contributed by atoms with Crippen LogP contribution < -0.4 is 0 Å². The molecule has 0 spiro atoms. The van der Waals surface area contributed by atoms with E-state index >= 15 is 0 Å². The summed E-state index contributed by atoms with van der Waals surface area (Å²) in [7, 11) is 0. The molecule has 1 aromatic rings. The largest absolute Gasteiger partial charge is 0.372 e. The molecule has 1 saturated carbocycles. The van der Waals surface area contributed by atoms with Crippen molar-refractivity contribution in [1.29, 1.82) is 0 Å². The summed E-state index contributed by atoms with van der Waals surface area (Å²) >= 11 is 0. The fourth-order valence-electron chi connectivity index (χ4n) is 3.33. The van der Waals surface area contributed by atoms with E-state index in [2.05, 4.69) is 10.1 Å². The number of carbonyl (C=O) groups excluding carboxylic acids is 1. The summed E-state index contributed by atoms with van der Waals surface area (Å²) in [5.41, 5.74) is 0. The summed E-state index contributed by atoms with van der Waals surface area (Å²) in [6.07, 6.45) is 6.55. The van der Waals surface area contributed by atoms with Gasteiger partial charge in [0.15, 0.2) is 5.82 Å². The fourth-order valence-corrected chi connectivity index (χ4v) is 3.33. The molecular formula is C15H23N3O3. The van der Waals surface area contributed by atoms with Crippen LogP contribution in [0, 0.1) is 0 Å². The zero-order valence-corrected chi connectivity index (χ0v) is 12.6. The highest BCUT2D eigenvalue weighted by Crippen LogP contribution is 2.32. The predicted octanol–water partition coefficient (Wildman–Crippen LogP) is 2.25. The maximum Gasteiger partial charge on any atom is 0.252 e. The molecule has 1 aliphatic carbocycles. The second-order valence-corrected chi connectivity index (χ2v) is 5.92. The summed E-state index contributed by atoms with van der Waals surface area (Å²) < 4.78 is 10.4. The quantitative estimate of drug-likeness (QED) is 0.833. The molecule has 0 N–H and O–H groups in total. The van der Waals surface area contributed by atoms with Crippen LogP contribution in [0.15, 0.2) is 4.52 Å². The van der Waals surface area contributed by atoms with E-state index < -0.39 is 0 Å². The van der Waals surface area contributed by atoms with Crippen LogP contribution in [0.3, 0.4) is 0 Å². The first-order valence-electron chi connectivity index (χ1n) is 7.97. The molecule has 6 heteroatoms. The summed E-state index contributed by atoms with van der Waals surface area (Å²) in [6, 6.07) is 0.422. The van der Waals surface area contributed by atoms with Crippen LogP contribution in [-0.4, -0.2) is 40.1 Å². The van der Waals surface area contributed by atoms with Crippen molar-refractivity contribution in [3.8, 4) is 0 Å². The third-order valence-corrected chi connectivity index (χ3v) is 4.45. The summed E-state index contributed by atoms with van der Waals surface area (Å²) in [5.74, 6) is 1.45. The van der Waals surface area contributed by atoms with E-state index in [1.54, 1.807) is 0 Å². The molecule has 21 heavy (non-hydrogen) atoms. The van der Waals surface area contributed by atoms with Gasteiger partial charge in [-0.25, -0.2) is 0 Å². The SMILES string of the molecule is CCOCc1nc(C2CC(=O)N(C3CCCCC3)C2)no1. The highest BCUT2D eigenvalue weighted by molar-refractivity contribution is 5.79. The number of amides is 1. The molecule has 1 aliphatic heterocycles. The minimum atomic E-state index is 0.0681. The number of likely N-dealkylation sites (tertiary alicyclic amines) is 1. The van der Waals surface area contributed by atoms with Crippen molar-refractivity contribution in [1.82, 2.24) is 15.0 Å². The van der Waals surface area contributed by atoms with Crippen LogP contribution in [-0.2, 0) is 16.1 Å². The van der Waals surface area contributed by atoms with Gasteiger partial charge in [0.1, 0.15) is 6.61 Å². The van der Waals surface area contributed by atoms with Crippen molar-refractivity contribution in [2.24, 2.45) is 0 Å². The van der Waals surface area contributed by atoms with E-state index in [0.29, 0.717) is 37.4 Å². The predicted molar refractivity (Wildman–Crippen MR) is 75.6 cm³/mol. The Hall–Kier alpha value is -1.43. The van der Waals surface area contributed by atoms with Crippen LogP contribution in [0.1, 0.15) is 63.1 Å². The van der Waals surface area contributed by atoms with Crippen LogP contribution >= 0.6 is 0 Å². The first-order valence-corrected chi connectivity index (χ1v) is 7.97. The third kappa shape index (κ3) is 3.26. The van der Waals surface area contributed by atoms with E-state index in [0.717, 1.165) is 19.4 Å². The number of hydrogen-bond donors (Lipinski definition) is 0. The Morgan fingerprint density at radius 2 is 2.14 bits per heavy atom. The highest BCUT2D eigenvalue weighted by Gasteiger charge is 2.37. The first kappa shape index (κ1) is 14.5. The maximum atomic E-state index is 12.3. The Bertz CT molecular complexity index is 482. The molecule has 2 fully saturated rings. The average molecular weight is 293 g/mol. The number of aromatic nitrogens is 2. The smallest absolute Gasteiger partial charge is 0.252 e. The molecule has 0 aromatic carbocycles. The molecule has 2 heterocycles. The maximum absolute atomic E-state index is 12.3. The molecule has 0 bridgehead atoms. The number of hydrogen-bond acceptors (Lipinski definition) is 5. The minimum Gasteiger partial charge on any atom is -0.372 e. The molecule has 116 valence electrons. The average Bonchev–Trinajstić information content (AvgIpc) is 3.12. The lowest BCUT2D eigenvalue weighted by atomic mass is 9.94. The molecule has 6 nitrogen and oxygen atoms in total. The topological polar surface area (TPSA) is 68.5 Å². The van der Waals surface area contributed by atoms with Gasteiger partial charge in [-0.1, -0.05) is 24.4 Å². The van der Waals surface area contributed by atoms with E-state index in [9.17, 15) is 4.79 Å². The van der Waals surface area contributed by atoms with Gasteiger partial charge in [0.2, 0.25) is 5.91 Å². The van der Waals surface area contributed by atoms with Crippen molar-refractivity contribution >= 4 is 5.91 Å². The lowest BCUT2D eigenvalue weighted by Crippen LogP contribution is -2.37. The summed E-state index contributed by atoms with van der Waals surface area (Å²) in [5, 5.41) is 4.02. The van der Waals surface area contributed by atoms with E-state index in [1.807, 2.05) is 11.8 Å². The number of rotatable bonds is 5. The Labute approximate surface area is 124 Å². The zero-order chi connectivity index (χ0) is 14.7. The normalized spacial score (nSPS) is 24.0. The van der Waals surface area contributed by atoms with Crippen LogP contribution in [0.5, 0.6) is 0 Å². The minimum absolute atomic E-state index is 0.0681. The van der Waals surface area contributed by atoms with Gasteiger partial charge in [-0.2, -0.15) is 4.98 Å². The van der Waals surface area contributed by atoms with Gasteiger partial charge in [-0.05, 0) is 19.8 Å². The van der Waals surface area contributed by atoms with Crippen molar-refractivity contribution < 1.29 is 14.1 Å². The lowest BCUT2D eigenvalue weighted by Gasteiger charge is -2.31. The van der Waals surface area contributed by atoms with Gasteiger partial charge in [0.05, 0.1) is 0 Å². The van der Waals surface area contributed by atoms with Gasteiger partial charge in [-0.15, -0.1) is 0 Å². The third-order valence-electron chi connectivity index (χ3n) is 4.45. The monoisotopic (exact) mass is 293 g/mol. The Morgan fingerprint density at radius 1 is 1.33 bits per heavy atom. The second-order valence-electron chi connectivity index (χ2n) is 5.92. The molecule has 0 radical (unpaired) electrons. The lowest BCUT2D eigenvalue weighted by molar-refractivity contribution is -0.130. The van der Waals surface area contributed by atoms with E-state index in [1.165, 1.54) is 19.3 Å². The van der Waals surface area contributed by atoms with Crippen LogP contribution in [0.2, 0.25) is 0 Å². The van der Waals surface area contributed by atoms with Crippen LogP contribution in [0.4, 0.5) is 0 Å². The number of ether oxygens (including phenoxy) is 1. The van der Waals surface area contributed by atoms with E-state index in [4.69, 9.17) is 9.26 Å². The zero-order valence-electron chi connectivity index (χ0n) is 12.6. The molecule has 2 aliphatic rings. The van der Waals surface area contributed by atoms with Gasteiger partial charge in [0.25, 0.3) is 5.89 Å². The Morgan fingerprint density at radius 3 is 2.90 bits per heavy atom. The van der Waals surface area contributed by atoms with Gasteiger partial charge in [0, 0.05) is 31.5 Å². The number of carbonyl (C=O) groups is 1. The molecule has 1 aromatic heterocycles. The van der Waals surface area contributed by atoms with E-state index in [-0.39, 0.29) is 11.8 Å². The molecular weight excluding hydrogens is 270 g/mol. The van der Waals surface area contributed by atoms with Crippen LogP contribution in [0.25, 0.3) is 0 Å². The van der Waals surface area contributed by atoms with Crippen molar-refractivity contribution in [2.75, 3.05) is 13.2 Å². The number of nitrogens with zero attached hydrogens (tertiary/aromatic N) is 3. The molecule has 1 saturated heterocycles.